The third kappa shape index (κ3) is 9.99. The molecule has 0 unspecified atom stereocenters. The number of carboxylic acid groups (broad SMARTS) is 1. The molecule has 0 bridgehead atoms. The maximum atomic E-state index is 12.9. The van der Waals surface area contributed by atoms with E-state index in [1.54, 1.807) is 7.11 Å². The highest BCUT2D eigenvalue weighted by molar-refractivity contribution is 5.81. The third-order valence-corrected chi connectivity index (χ3v) is 10.2. The number of carboxylic acids is 1. The van der Waals surface area contributed by atoms with E-state index < -0.39 is 23.6 Å². The van der Waals surface area contributed by atoms with Gasteiger partial charge in [-0.05, 0) is 82.8 Å². The minimum Gasteiger partial charge on any atom is -0.497 e. The number of unbranched alkanes of at least 4 members (excludes halogenated alkanes) is 1. The summed E-state index contributed by atoms with van der Waals surface area (Å²) in [6.45, 7) is 4.80. The highest BCUT2D eigenvalue weighted by atomic mass is 16.5. The van der Waals surface area contributed by atoms with E-state index in [0.717, 1.165) is 44.7 Å². The molecule has 0 saturated heterocycles. The lowest BCUT2D eigenvalue weighted by molar-refractivity contribution is -0.139. The number of methoxy groups -OCH3 is 1. The van der Waals surface area contributed by atoms with Crippen molar-refractivity contribution in [2.24, 2.45) is 11.7 Å². The van der Waals surface area contributed by atoms with Gasteiger partial charge in [0.05, 0.1) is 19.3 Å². The summed E-state index contributed by atoms with van der Waals surface area (Å²) in [5.74, 6) is -0.0160. The molecule has 0 aliphatic heterocycles. The quantitative estimate of drug-likeness (QED) is 0.0511. The van der Waals surface area contributed by atoms with Gasteiger partial charge in [0, 0.05) is 12.0 Å². The summed E-state index contributed by atoms with van der Waals surface area (Å²) in [6.07, 6.45) is 0.811. The molecule has 55 heavy (non-hydrogen) atoms. The molecule has 6 rings (SSSR count). The Hall–Kier alpha value is -5.48. The molecule has 2 atom stereocenters. The van der Waals surface area contributed by atoms with Gasteiger partial charge >= 0.3 is 12.1 Å². The first kappa shape index (κ1) is 40.7. The van der Waals surface area contributed by atoms with E-state index in [0.29, 0.717) is 25.3 Å². The van der Waals surface area contributed by atoms with Crippen LogP contribution in [0.15, 0.2) is 133 Å². The van der Waals surface area contributed by atoms with Crippen LogP contribution >= 0.6 is 0 Å². The van der Waals surface area contributed by atoms with E-state index in [4.69, 9.17) is 20.3 Å². The fourth-order valence-corrected chi connectivity index (χ4v) is 7.02. The van der Waals surface area contributed by atoms with E-state index in [1.165, 1.54) is 0 Å². The average molecular weight is 744 g/mol. The summed E-state index contributed by atoms with van der Waals surface area (Å²) in [5, 5.41) is 24.7. The number of aliphatic hydroxyl groups excluding tert-OH is 1. The van der Waals surface area contributed by atoms with Crippen LogP contribution in [0.4, 0.5) is 4.79 Å². The Balaban J connectivity index is 0.000000757. The van der Waals surface area contributed by atoms with Gasteiger partial charge in [0.25, 0.3) is 0 Å². The van der Waals surface area contributed by atoms with Gasteiger partial charge in [-0.25, -0.2) is 9.59 Å². The van der Waals surface area contributed by atoms with Crippen molar-refractivity contribution in [2.45, 2.75) is 56.7 Å². The molecule has 1 amide bonds. The summed E-state index contributed by atoms with van der Waals surface area (Å²) in [5.41, 5.74) is 12.4. The van der Waals surface area contributed by atoms with E-state index in [-0.39, 0.29) is 31.6 Å². The smallest absolute Gasteiger partial charge is 0.407 e. The molecule has 1 aliphatic rings. The van der Waals surface area contributed by atoms with Crippen LogP contribution in [-0.2, 0) is 15.1 Å². The number of rotatable bonds is 16. The normalized spacial score (nSPS) is 13.1. The van der Waals surface area contributed by atoms with E-state index in [1.807, 2.05) is 98.8 Å². The first-order valence-corrected chi connectivity index (χ1v) is 18.9. The van der Waals surface area contributed by atoms with Crippen LogP contribution in [0.3, 0.4) is 0 Å². The fraction of sp³-hybridized carbons (Fsp3) is 0.304. The monoisotopic (exact) mass is 743 g/mol. The number of ether oxygens (including phenoxy) is 2. The molecule has 0 aromatic heterocycles. The maximum absolute atomic E-state index is 12.9. The highest BCUT2D eigenvalue weighted by Gasteiger charge is 2.36. The molecule has 0 radical (unpaired) electrons. The van der Waals surface area contributed by atoms with Gasteiger partial charge in [-0.2, -0.15) is 0 Å². The largest absolute Gasteiger partial charge is 0.497 e. The predicted molar refractivity (Wildman–Crippen MR) is 217 cm³/mol. The van der Waals surface area contributed by atoms with Crippen molar-refractivity contribution in [3.05, 3.63) is 161 Å². The van der Waals surface area contributed by atoms with E-state index in [9.17, 15) is 14.7 Å². The predicted octanol–water partition coefficient (Wildman–Crippen LogP) is 7.70. The summed E-state index contributed by atoms with van der Waals surface area (Å²) in [7, 11) is 1.65. The van der Waals surface area contributed by atoms with Crippen LogP contribution < -0.4 is 21.1 Å². The molecule has 1 aliphatic carbocycles. The van der Waals surface area contributed by atoms with Crippen molar-refractivity contribution >= 4 is 12.1 Å². The van der Waals surface area contributed by atoms with Gasteiger partial charge in [-0.3, -0.25) is 5.32 Å². The van der Waals surface area contributed by atoms with Crippen LogP contribution in [-0.4, -0.2) is 61.2 Å². The number of nitrogens with two attached hydrogens (primary N) is 1. The van der Waals surface area contributed by atoms with E-state index in [2.05, 4.69) is 59.2 Å². The Morgan fingerprint density at radius 3 is 1.73 bits per heavy atom. The Labute approximate surface area is 324 Å². The second-order valence-corrected chi connectivity index (χ2v) is 14.1. The zero-order valence-electron chi connectivity index (χ0n) is 31.9. The van der Waals surface area contributed by atoms with Crippen molar-refractivity contribution in [3.8, 4) is 16.9 Å². The molecular formula is C46H53N3O6. The third-order valence-electron chi connectivity index (χ3n) is 10.2. The van der Waals surface area contributed by atoms with Gasteiger partial charge in [0.2, 0.25) is 0 Å². The number of carbonyl (C=O) groups is 2. The summed E-state index contributed by atoms with van der Waals surface area (Å²) in [6, 6.07) is 43.8. The zero-order chi connectivity index (χ0) is 39.2. The molecule has 9 nitrogen and oxygen atoms in total. The minimum atomic E-state index is -1.09. The topological polar surface area (TPSA) is 143 Å². The van der Waals surface area contributed by atoms with Gasteiger partial charge in [-0.15, -0.1) is 0 Å². The molecule has 6 N–H and O–H groups in total. The van der Waals surface area contributed by atoms with Crippen molar-refractivity contribution in [2.75, 3.05) is 26.9 Å². The van der Waals surface area contributed by atoms with Crippen LogP contribution in [0, 0.1) is 5.92 Å². The molecule has 5 aromatic carbocycles. The number of alkyl carbamates (subject to hydrolysis) is 1. The van der Waals surface area contributed by atoms with Crippen LogP contribution in [0.2, 0.25) is 0 Å². The number of hydrogen-bond acceptors (Lipinski definition) is 7. The summed E-state index contributed by atoms with van der Waals surface area (Å²) >= 11 is 0. The number of carbonyl (C=O) groups excluding carboxylic acids is 1. The molecule has 0 fully saturated rings. The van der Waals surface area contributed by atoms with Crippen molar-refractivity contribution < 1.29 is 29.3 Å². The second kappa shape index (κ2) is 19.7. The zero-order valence-corrected chi connectivity index (χ0v) is 31.9. The molecular weight excluding hydrogens is 691 g/mol. The van der Waals surface area contributed by atoms with Gasteiger partial charge in [-0.1, -0.05) is 135 Å². The SMILES string of the molecule is CC(C)[C@H](N)CO.COc1ccc(C(NCCCC[C@H](NC(=O)OCC2c3ccccc3-c3ccccc32)C(=O)O)(c2ccccc2)c2ccccc2)cc1. The first-order chi connectivity index (χ1) is 26.7. The van der Waals surface area contributed by atoms with Crippen LogP contribution in [0.25, 0.3) is 11.1 Å². The highest BCUT2D eigenvalue weighted by Crippen LogP contribution is 2.44. The van der Waals surface area contributed by atoms with Crippen molar-refractivity contribution in [1.29, 1.82) is 0 Å². The van der Waals surface area contributed by atoms with E-state index >= 15 is 0 Å². The Bertz CT molecular complexity index is 1870. The molecule has 0 heterocycles. The van der Waals surface area contributed by atoms with Gasteiger partial charge in [0.1, 0.15) is 18.4 Å². The first-order valence-electron chi connectivity index (χ1n) is 18.9. The summed E-state index contributed by atoms with van der Waals surface area (Å²) in [4.78, 5) is 25.0. The van der Waals surface area contributed by atoms with Gasteiger partial charge < -0.3 is 30.7 Å². The molecule has 5 aromatic rings. The molecule has 0 saturated carbocycles. The number of benzene rings is 5. The number of nitrogens with one attached hydrogen (secondary N) is 2. The number of amides is 1. The Kier molecular flexibility index (Phi) is 14.6. The number of fused-ring (bicyclic) bond motifs is 3. The standard InChI is InChI=1S/C41H40N2O5.C5H13NO/c1-47-32-25-23-31(24-26-32)41(29-14-4-2-5-15-29,30-16-6-3-7-17-30)42-27-13-12-22-38(39(44)45)43-40(46)48-28-37-35-20-10-8-18-33(35)34-19-9-11-21-36(34)37;1-4(2)5(6)3-7/h2-11,14-21,23-26,37-38,42H,12-13,22,27-28H2,1H3,(H,43,46)(H,44,45);4-5,7H,3,6H2,1-2H3/t38-;5-/m01/s1. The number of aliphatic hydroxyl groups is 1. The number of aliphatic carboxylic acids is 1. The summed E-state index contributed by atoms with van der Waals surface area (Å²) < 4.78 is 11.1. The molecule has 9 heteroatoms. The average Bonchev–Trinajstić information content (AvgIpc) is 3.55. The van der Waals surface area contributed by atoms with Crippen molar-refractivity contribution in [3.63, 3.8) is 0 Å². The molecule has 288 valence electrons. The maximum Gasteiger partial charge on any atom is 0.407 e. The minimum absolute atomic E-state index is 0.0417. The lowest BCUT2D eigenvalue weighted by Crippen LogP contribution is -2.45. The number of hydrogen-bond donors (Lipinski definition) is 5. The fourth-order valence-electron chi connectivity index (χ4n) is 7.02. The lowest BCUT2D eigenvalue weighted by atomic mass is 9.77. The van der Waals surface area contributed by atoms with Crippen LogP contribution in [0.1, 0.15) is 66.8 Å². The Morgan fingerprint density at radius 1 is 0.745 bits per heavy atom. The Morgan fingerprint density at radius 2 is 1.25 bits per heavy atom. The molecule has 0 spiro atoms. The van der Waals surface area contributed by atoms with Crippen molar-refractivity contribution in [1.82, 2.24) is 10.6 Å². The van der Waals surface area contributed by atoms with Crippen LogP contribution in [0.5, 0.6) is 5.75 Å². The van der Waals surface area contributed by atoms with Gasteiger partial charge in [0.15, 0.2) is 0 Å². The second-order valence-electron chi connectivity index (χ2n) is 14.1. The lowest BCUT2D eigenvalue weighted by Gasteiger charge is -2.37.